The summed E-state index contributed by atoms with van der Waals surface area (Å²) in [7, 11) is 0. The zero-order valence-electron chi connectivity index (χ0n) is 36.8. The number of hydrogen-bond donors (Lipinski definition) is 1. The Morgan fingerprint density at radius 3 is 1.98 bits per heavy atom. The third-order valence-corrected chi connectivity index (χ3v) is 15.8. The summed E-state index contributed by atoms with van der Waals surface area (Å²) in [4.78, 5) is 33.8. The number of aromatic nitrogens is 2. The number of rotatable bonds is 6. The lowest BCUT2D eigenvalue weighted by molar-refractivity contribution is -0.148. The molecule has 2 saturated heterocycles. The Hall–Kier alpha value is -4.94. The summed E-state index contributed by atoms with van der Waals surface area (Å²) >= 11 is 6.10. The molecule has 2 aromatic heterocycles. The maximum absolute atomic E-state index is 14.8. The summed E-state index contributed by atoms with van der Waals surface area (Å²) in [5.41, 5.74) is 2.16. The molecule has 66 heavy (non-hydrogen) atoms. The number of alkyl halides is 5. The number of benzene rings is 2. The molecule has 6 fully saturated rings. The van der Waals surface area contributed by atoms with E-state index in [4.69, 9.17) is 21.1 Å². The summed E-state index contributed by atoms with van der Waals surface area (Å²) < 4.78 is 79.8. The van der Waals surface area contributed by atoms with Gasteiger partial charge in [0.15, 0.2) is 0 Å². The number of ether oxygens (including phenoxy) is 2. The molecule has 6 unspecified atom stereocenters. The summed E-state index contributed by atoms with van der Waals surface area (Å²) in [5, 5.41) is 12.6. The number of carbonyl (C=O) groups is 2. The van der Waals surface area contributed by atoms with Crippen LogP contribution in [-0.4, -0.2) is 57.2 Å². The predicted molar refractivity (Wildman–Crippen MR) is 242 cm³/mol. The van der Waals surface area contributed by atoms with E-state index in [2.05, 4.69) is 16.0 Å². The predicted octanol–water partition coefficient (Wildman–Crippen LogP) is 12.2. The first kappa shape index (κ1) is 46.2. The molecule has 4 aromatic rings. The summed E-state index contributed by atoms with van der Waals surface area (Å²) in [5.74, 6) is -1.97. The lowest BCUT2D eigenvalue weighted by Crippen LogP contribution is -2.58. The van der Waals surface area contributed by atoms with Gasteiger partial charge in [-0.05, 0) is 142 Å². The number of nitrogens with zero attached hydrogens (tertiary/aromatic N) is 2. The fraction of sp³-hybridized carbons (Fsp3) is 0.472. The largest absolute Gasteiger partial charge is 0.462 e. The number of aliphatic hydroxyl groups is 1. The Morgan fingerprint density at radius 2 is 1.32 bits per heavy atom. The molecule has 2 aromatic carbocycles. The van der Waals surface area contributed by atoms with E-state index in [0.29, 0.717) is 60.4 Å². The van der Waals surface area contributed by atoms with E-state index in [0.717, 1.165) is 41.8 Å². The van der Waals surface area contributed by atoms with E-state index in [-0.39, 0.29) is 53.6 Å². The van der Waals surface area contributed by atoms with Crippen LogP contribution < -0.4 is 0 Å². The highest BCUT2D eigenvalue weighted by Gasteiger charge is 2.63. The van der Waals surface area contributed by atoms with Gasteiger partial charge in [-0.2, -0.15) is 13.2 Å². The fourth-order valence-electron chi connectivity index (χ4n) is 12.5. The van der Waals surface area contributed by atoms with E-state index in [1.807, 2.05) is 55.6 Å². The van der Waals surface area contributed by atoms with Gasteiger partial charge in [0.2, 0.25) is 0 Å². The van der Waals surface area contributed by atoms with Crippen molar-refractivity contribution in [2.45, 2.75) is 102 Å². The van der Waals surface area contributed by atoms with Crippen molar-refractivity contribution in [3.63, 3.8) is 0 Å². The number of fused-ring (bicyclic) bond motifs is 4. The van der Waals surface area contributed by atoms with Gasteiger partial charge in [-0.15, -0.1) is 0 Å². The molecular weight excluding hydrogens is 875 g/mol. The average Bonchev–Trinajstić information content (AvgIpc) is 3.76. The van der Waals surface area contributed by atoms with Crippen molar-refractivity contribution in [1.29, 1.82) is 0 Å². The van der Waals surface area contributed by atoms with Gasteiger partial charge in [0.05, 0.1) is 34.4 Å². The standard InChI is InChI=1S/C27H27F4NO3.C26H27ClFNO2/c1-15-24-21(25(33)35-15)13-20-22(6-3-7-23(20)28)26(24,34)11-10-19-9-8-17(14-32-19)16-4-2-5-18(12-16)27(29,30)31;1-15-25-21(20-6-3-7-24(28)22(20)13-23(25)26(30)31-15)11-10-19-9-8-17(14-29-19)16-4-2-5-18(27)12-16/h2,4-5,8-12,14-15,20-24,34H,3,6-7,13H2,1H3;2,4-5,8-12,14-15,20-25H,3,6-7,13H2,1H3/b2*11-10+/t15-,20?,21?,22?,23?,24?,26?;15-,20+,21+,22+,23-,24+,25+/m11/s1. The average molecular weight is 929 g/mol. The number of pyridine rings is 2. The number of halogens is 6. The molecular formula is C53H54ClF5N2O5. The monoisotopic (exact) mass is 928 g/mol. The third-order valence-electron chi connectivity index (χ3n) is 15.5. The van der Waals surface area contributed by atoms with Crippen molar-refractivity contribution in [2.24, 2.45) is 53.3 Å². The molecule has 14 atom stereocenters. The Morgan fingerprint density at radius 1 is 0.712 bits per heavy atom. The third kappa shape index (κ3) is 9.08. The highest BCUT2D eigenvalue weighted by atomic mass is 35.5. The van der Waals surface area contributed by atoms with Crippen molar-refractivity contribution in [3.8, 4) is 22.3 Å². The van der Waals surface area contributed by atoms with E-state index >= 15 is 0 Å². The van der Waals surface area contributed by atoms with E-state index in [1.54, 1.807) is 37.3 Å². The maximum Gasteiger partial charge on any atom is 0.416 e. The smallest absolute Gasteiger partial charge is 0.416 e. The van der Waals surface area contributed by atoms with E-state index in [1.165, 1.54) is 12.3 Å². The molecule has 4 heterocycles. The van der Waals surface area contributed by atoms with Crippen molar-refractivity contribution in [2.75, 3.05) is 0 Å². The van der Waals surface area contributed by atoms with Gasteiger partial charge in [-0.3, -0.25) is 19.6 Å². The molecule has 348 valence electrons. The fourth-order valence-corrected chi connectivity index (χ4v) is 12.7. The van der Waals surface area contributed by atoms with Crippen molar-refractivity contribution in [3.05, 3.63) is 119 Å². The molecule has 0 spiro atoms. The zero-order valence-corrected chi connectivity index (χ0v) is 37.6. The van der Waals surface area contributed by atoms with E-state index < -0.39 is 53.5 Å². The summed E-state index contributed by atoms with van der Waals surface area (Å²) in [6, 6.07) is 20.1. The van der Waals surface area contributed by atoms with Gasteiger partial charge in [0.1, 0.15) is 24.6 Å². The van der Waals surface area contributed by atoms with E-state index in [9.17, 15) is 36.6 Å². The molecule has 6 aliphatic rings. The quantitative estimate of drug-likeness (QED) is 0.152. The number of allylic oxidation sites excluding steroid dienone is 1. The summed E-state index contributed by atoms with van der Waals surface area (Å²) in [6.07, 6.45) is 9.23. The highest BCUT2D eigenvalue weighted by molar-refractivity contribution is 6.30. The van der Waals surface area contributed by atoms with Crippen LogP contribution in [-0.2, 0) is 25.2 Å². The number of esters is 2. The first-order chi connectivity index (χ1) is 31.6. The number of cyclic esters (lactones) is 2. The molecule has 0 amide bonds. The van der Waals surface area contributed by atoms with Crippen molar-refractivity contribution >= 4 is 35.7 Å². The molecule has 0 bridgehead atoms. The number of hydrogen-bond acceptors (Lipinski definition) is 7. The first-order valence-corrected chi connectivity index (χ1v) is 23.6. The van der Waals surface area contributed by atoms with Crippen molar-refractivity contribution < 1.29 is 46.1 Å². The Bertz CT molecular complexity index is 2460. The number of carbonyl (C=O) groups excluding carboxylic acids is 2. The van der Waals surface area contributed by atoms with Crippen LogP contribution in [0.2, 0.25) is 5.02 Å². The maximum atomic E-state index is 14.8. The van der Waals surface area contributed by atoms with Crippen LogP contribution in [0.1, 0.15) is 82.2 Å². The van der Waals surface area contributed by atoms with Gasteiger partial charge in [0, 0.05) is 40.4 Å². The van der Waals surface area contributed by atoms with Gasteiger partial charge >= 0.3 is 18.1 Å². The molecule has 10 rings (SSSR count). The Balaban J connectivity index is 0.000000167. The summed E-state index contributed by atoms with van der Waals surface area (Å²) in [6.45, 7) is 3.75. The lowest BCUT2D eigenvalue weighted by atomic mass is 9.54. The normalized spacial score (nSPS) is 35.0. The molecule has 2 aliphatic heterocycles. The first-order valence-electron chi connectivity index (χ1n) is 23.2. The molecule has 1 N–H and O–H groups in total. The van der Waals surface area contributed by atoms with Crippen LogP contribution in [0.25, 0.3) is 34.4 Å². The van der Waals surface area contributed by atoms with Gasteiger partial charge in [0.25, 0.3) is 0 Å². The molecule has 7 nitrogen and oxygen atoms in total. The molecule has 4 saturated carbocycles. The van der Waals surface area contributed by atoms with Gasteiger partial charge in [-0.1, -0.05) is 73.0 Å². The van der Waals surface area contributed by atoms with Crippen LogP contribution in [0, 0.1) is 53.3 Å². The van der Waals surface area contributed by atoms with Gasteiger partial charge in [-0.25, -0.2) is 8.78 Å². The Labute approximate surface area is 386 Å². The minimum atomic E-state index is -4.43. The van der Waals surface area contributed by atoms with Crippen LogP contribution in [0.15, 0.2) is 97.3 Å². The second kappa shape index (κ2) is 18.6. The van der Waals surface area contributed by atoms with Crippen LogP contribution in [0.5, 0.6) is 0 Å². The Kier molecular flexibility index (Phi) is 13.0. The topological polar surface area (TPSA) is 98.6 Å². The van der Waals surface area contributed by atoms with Crippen LogP contribution >= 0.6 is 11.6 Å². The second-order valence-electron chi connectivity index (χ2n) is 19.3. The second-order valence-corrected chi connectivity index (χ2v) is 19.7. The van der Waals surface area contributed by atoms with Crippen molar-refractivity contribution in [1.82, 2.24) is 9.97 Å². The molecule has 0 radical (unpaired) electrons. The molecule has 4 aliphatic carbocycles. The lowest BCUT2D eigenvalue weighted by Gasteiger charge is -2.52. The SMILES string of the molecule is C[C@H]1OC(=O)C2CC3C(F)CCCC3C(O)(/C=C/c3ccc(-c4cccc(C(F)(F)F)c4)cn3)C21.C[C@H]1OC(=O)[C@@H]2C[C@H]3[C@@H](CCC[C@@H]3F)[C@H](/C=C/c3ccc(-c4cccc(Cl)c4)cn3)[C@H]12. The minimum absolute atomic E-state index is 0.0411. The minimum Gasteiger partial charge on any atom is -0.462 e. The van der Waals surface area contributed by atoms with Gasteiger partial charge < -0.3 is 14.6 Å². The molecule has 13 heteroatoms. The zero-order chi connectivity index (χ0) is 46.5. The highest BCUT2D eigenvalue weighted by Crippen LogP contribution is 2.57. The van der Waals surface area contributed by atoms with Crippen LogP contribution in [0.3, 0.4) is 0 Å². The van der Waals surface area contributed by atoms with Crippen LogP contribution in [0.4, 0.5) is 22.0 Å².